The number of benzene rings is 1. The monoisotopic (exact) mass is 158 g/mol. The second kappa shape index (κ2) is 3.22. The number of rotatable bonds is 1. The summed E-state index contributed by atoms with van der Waals surface area (Å²) in [6.45, 7) is 0.862. The van der Waals surface area contributed by atoms with Crippen molar-refractivity contribution in [3.8, 4) is 0 Å². The molecule has 0 amide bonds. The van der Waals surface area contributed by atoms with Gasteiger partial charge in [-0.15, -0.1) is 0 Å². The van der Waals surface area contributed by atoms with Crippen LogP contribution in [0.15, 0.2) is 47.7 Å². The Morgan fingerprint density at radius 3 is 2.67 bits per heavy atom. The van der Waals surface area contributed by atoms with E-state index in [1.165, 1.54) is 5.69 Å². The van der Waals surface area contributed by atoms with Gasteiger partial charge >= 0.3 is 0 Å². The van der Waals surface area contributed by atoms with Crippen molar-refractivity contribution in [1.29, 1.82) is 0 Å². The molecule has 2 rings (SSSR count). The molecule has 0 aromatic heterocycles. The van der Waals surface area contributed by atoms with Gasteiger partial charge < -0.3 is 4.90 Å². The zero-order valence-corrected chi connectivity index (χ0v) is 6.72. The van der Waals surface area contributed by atoms with Crippen LogP contribution >= 0.6 is 0 Å². The van der Waals surface area contributed by atoms with Crippen LogP contribution in [0.2, 0.25) is 0 Å². The standard InChI is InChI=1S/C10H10N2/c1-2-4-10(5-3-1)12-8-6-11-7-9-12/h1-8H,9H2. The van der Waals surface area contributed by atoms with Crippen LogP contribution in [0.5, 0.6) is 0 Å². The molecule has 12 heavy (non-hydrogen) atoms. The molecule has 0 aliphatic carbocycles. The highest BCUT2D eigenvalue weighted by atomic mass is 15.1. The van der Waals surface area contributed by atoms with Crippen molar-refractivity contribution in [3.63, 3.8) is 0 Å². The van der Waals surface area contributed by atoms with E-state index in [0.29, 0.717) is 0 Å². The van der Waals surface area contributed by atoms with Crippen LogP contribution in [0, 0.1) is 0 Å². The third-order valence-corrected chi connectivity index (χ3v) is 1.80. The highest BCUT2D eigenvalue weighted by Gasteiger charge is 2.01. The average Bonchev–Trinajstić information content (AvgIpc) is 2.21. The Hall–Kier alpha value is -1.57. The molecule has 0 spiro atoms. The zero-order chi connectivity index (χ0) is 8.23. The minimum Gasteiger partial charge on any atom is -0.341 e. The van der Waals surface area contributed by atoms with Crippen LogP contribution in [0.25, 0.3) is 0 Å². The van der Waals surface area contributed by atoms with E-state index >= 15 is 0 Å². The molecule has 0 saturated heterocycles. The maximum absolute atomic E-state index is 4.01. The normalized spacial score (nSPS) is 15.2. The van der Waals surface area contributed by atoms with Crippen molar-refractivity contribution in [2.75, 3.05) is 11.4 Å². The predicted octanol–water partition coefficient (Wildman–Crippen LogP) is 2.05. The van der Waals surface area contributed by atoms with E-state index in [-0.39, 0.29) is 0 Å². The summed E-state index contributed by atoms with van der Waals surface area (Å²) in [5.74, 6) is 0. The van der Waals surface area contributed by atoms with Crippen LogP contribution in [-0.4, -0.2) is 12.8 Å². The van der Waals surface area contributed by atoms with Gasteiger partial charge in [-0.2, -0.15) is 0 Å². The van der Waals surface area contributed by atoms with Crippen LogP contribution < -0.4 is 4.90 Å². The van der Waals surface area contributed by atoms with Gasteiger partial charge in [-0.05, 0) is 12.1 Å². The fourth-order valence-electron chi connectivity index (χ4n) is 1.19. The van der Waals surface area contributed by atoms with Crippen molar-refractivity contribution in [3.05, 3.63) is 42.7 Å². The third-order valence-electron chi connectivity index (χ3n) is 1.80. The number of hydrogen-bond donors (Lipinski definition) is 0. The molecule has 0 unspecified atom stereocenters. The average molecular weight is 158 g/mol. The Kier molecular flexibility index (Phi) is 1.90. The second-order valence-electron chi connectivity index (χ2n) is 2.62. The van der Waals surface area contributed by atoms with Gasteiger partial charge in [0.25, 0.3) is 0 Å². The first kappa shape index (κ1) is 7.10. The smallest absolute Gasteiger partial charge is 0.0579 e. The number of nitrogens with zero attached hydrogens (tertiary/aromatic N) is 2. The number of aliphatic imine (C=N–C) groups is 1. The maximum atomic E-state index is 4.01. The Bertz CT molecular complexity index is 301. The quantitative estimate of drug-likeness (QED) is 0.610. The lowest BCUT2D eigenvalue weighted by molar-refractivity contribution is 1.10. The molecular formula is C10H10N2. The molecule has 0 fully saturated rings. The summed E-state index contributed by atoms with van der Waals surface area (Å²) in [5, 5.41) is 0. The van der Waals surface area contributed by atoms with Crippen LogP contribution in [0.4, 0.5) is 5.69 Å². The van der Waals surface area contributed by atoms with E-state index in [2.05, 4.69) is 22.0 Å². The van der Waals surface area contributed by atoms with Gasteiger partial charge in [0.15, 0.2) is 0 Å². The first-order chi connectivity index (χ1) is 5.97. The molecule has 0 atom stereocenters. The summed E-state index contributed by atoms with van der Waals surface area (Å²) < 4.78 is 0. The van der Waals surface area contributed by atoms with Gasteiger partial charge in [-0.3, -0.25) is 4.99 Å². The Morgan fingerprint density at radius 2 is 2.00 bits per heavy atom. The first-order valence-corrected chi connectivity index (χ1v) is 3.97. The van der Waals surface area contributed by atoms with Crippen molar-refractivity contribution in [2.45, 2.75) is 0 Å². The van der Waals surface area contributed by atoms with Gasteiger partial charge in [0.2, 0.25) is 0 Å². The Morgan fingerprint density at radius 1 is 1.17 bits per heavy atom. The van der Waals surface area contributed by atoms with Gasteiger partial charge in [0.05, 0.1) is 6.54 Å². The minimum absolute atomic E-state index is 0.862. The van der Waals surface area contributed by atoms with Crippen LogP contribution in [0.3, 0.4) is 0 Å². The SMILES string of the molecule is C1=CN(c2ccccc2)CC=N1. The topological polar surface area (TPSA) is 15.6 Å². The lowest BCUT2D eigenvalue weighted by Gasteiger charge is -2.19. The van der Waals surface area contributed by atoms with Crippen LogP contribution in [0.1, 0.15) is 0 Å². The molecule has 0 N–H and O–H groups in total. The minimum atomic E-state index is 0.862. The van der Waals surface area contributed by atoms with Crippen LogP contribution in [-0.2, 0) is 0 Å². The van der Waals surface area contributed by atoms with Gasteiger partial charge in [-0.1, -0.05) is 18.2 Å². The number of para-hydroxylation sites is 1. The van der Waals surface area contributed by atoms with Crippen molar-refractivity contribution >= 4 is 11.9 Å². The predicted molar refractivity (Wildman–Crippen MR) is 51.4 cm³/mol. The Labute approximate surface area is 71.9 Å². The molecule has 0 radical (unpaired) electrons. The van der Waals surface area contributed by atoms with E-state index < -0.39 is 0 Å². The summed E-state index contributed by atoms with van der Waals surface area (Å²) in [6.07, 6.45) is 5.68. The van der Waals surface area contributed by atoms with Crippen molar-refractivity contribution < 1.29 is 0 Å². The highest BCUT2D eigenvalue weighted by Crippen LogP contribution is 2.13. The molecule has 1 aliphatic rings. The largest absolute Gasteiger partial charge is 0.341 e. The molecule has 1 aromatic rings. The fourth-order valence-corrected chi connectivity index (χ4v) is 1.19. The third kappa shape index (κ3) is 1.37. The first-order valence-electron chi connectivity index (χ1n) is 3.97. The maximum Gasteiger partial charge on any atom is 0.0579 e. The summed E-state index contributed by atoms with van der Waals surface area (Å²) in [4.78, 5) is 6.15. The van der Waals surface area contributed by atoms with Crippen molar-refractivity contribution in [1.82, 2.24) is 0 Å². The second-order valence-corrected chi connectivity index (χ2v) is 2.62. The molecule has 1 heterocycles. The molecule has 0 bridgehead atoms. The van der Waals surface area contributed by atoms with E-state index in [1.54, 1.807) is 6.20 Å². The summed E-state index contributed by atoms with van der Waals surface area (Å²) in [7, 11) is 0. The number of hydrogen-bond acceptors (Lipinski definition) is 2. The molecule has 2 heteroatoms. The van der Waals surface area contributed by atoms with Crippen molar-refractivity contribution in [2.24, 2.45) is 4.99 Å². The molecule has 60 valence electrons. The zero-order valence-electron chi connectivity index (χ0n) is 6.72. The lowest BCUT2D eigenvalue weighted by Crippen LogP contribution is -2.19. The Balaban J connectivity index is 2.21. The van der Waals surface area contributed by atoms with Gasteiger partial charge in [-0.25, -0.2) is 0 Å². The van der Waals surface area contributed by atoms with Gasteiger partial charge in [0.1, 0.15) is 0 Å². The summed E-state index contributed by atoms with van der Waals surface area (Å²) in [6, 6.07) is 10.3. The lowest BCUT2D eigenvalue weighted by atomic mass is 10.3. The van der Waals surface area contributed by atoms with Gasteiger partial charge in [0, 0.05) is 24.3 Å². The van der Waals surface area contributed by atoms with E-state index in [0.717, 1.165) is 6.54 Å². The molecule has 1 aromatic carbocycles. The molecular weight excluding hydrogens is 148 g/mol. The summed E-state index contributed by atoms with van der Waals surface area (Å²) >= 11 is 0. The molecule has 0 saturated carbocycles. The van der Waals surface area contributed by atoms with E-state index in [9.17, 15) is 0 Å². The highest BCUT2D eigenvalue weighted by molar-refractivity contribution is 5.69. The van der Waals surface area contributed by atoms with E-state index in [1.807, 2.05) is 30.6 Å². The molecule has 2 nitrogen and oxygen atoms in total. The van der Waals surface area contributed by atoms with E-state index in [4.69, 9.17) is 0 Å². The fraction of sp³-hybridized carbons (Fsp3) is 0.100. The summed E-state index contributed by atoms with van der Waals surface area (Å²) in [5.41, 5.74) is 1.21. The number of anilines is 1. The molecule has 1 aliphatic heterocycles.